The third-order valence-electron chi connectivity index (χ3n) is 2.41. The number of ketones is 1. The zero-order valence-electron chi connectivity index (χ0n) is 8.45. The molecule has 0 fully saturated rings. The molecule has 2 heteroatoms. The predicted octanol–water partition coefficient (Wildman–Crippen LogP) is 2.31. The van der Waals surface area contributed by atoms with Gasteiger partial charge in [-0.25, -0.2) is 0 Å². The van der Waals surface area contributed by atoms with Crippen LogP contribution in [0.3, 0.4) is 0 Å². The summed E-state index contributed by atoms with van der Waals surface area (Å²) < 4.78 is 2.07. The number of hydrogen-bond donors (Lipinski definition) is 0. The van der Waals surface area contributed by atoms with Crippen molar-refractivity contribution in [2.45, 2.75) is 13.3 Å². The summed E-state index contributed by atoms with van der Waals surface area (Å²) >= 11 is 0. The van der Waals surface area contributed by atoms with E-state index in [1.165, 1.54) is 10.9 Å². The van der Waals surface area contributed by atoms with Crippen LogP contribution in [0.25, 0.3) is 10.9 Å². The molecule has 0 bridgehead atoms. The first kappa shape index (κ1) is 9.00. The molecule has 2 aromatic rings. The molecule has 0 unspecified atom stereocenters. The molecule has 0 aliphatic heterocycles. The van der Waals surface area contributed by atoms with E-state index < -0.39 is 0 Å². The third kappa shape index (κ3) is 1.55. The van der Waals surface area contributed by atoms with Gasteiger partial charge in [-0.2, -0.15) is 0 Å². The lowest BCUT2D eigenvalue weighted by molar-refractivity contribution is -0.116. The molecule has 2 nitrogen and oxygen atoms in total. The molecule has 0 amide bonds. The number of carbonyl (C=O) groups is 1. The highest BCUT2D eigenvalue weighted by Gasteiger charge is 2.01. The fraction of sp³-hybridized carbons (Fsp3) is 0.250. The van der Waals surface area contributed by atoms with Gasteiger partial charge in [0.2, 0.25) is 0 Å². The largest absolute Gasteiger partial charge is 0.351 e. The Kier molecular flexibility index (Phi) is 2.12. The summed E-state index contributed by atoms with van der Waals surface area (Å²) in [5.74, 6) is 0.207. The maximum absolute atomic E-state index is 11.0. The van der Waals surface area contributed by atoms with E-state index >= 15 is 0 Å². The summed E-state index contributed by atoms with van der Waals surface area (Å²) in [7, 11) is 2.01. The van der Waals surface area contributed by atoms with Crippen LogP contribution in [0, 0.1) is 0 Å². The van der Waals surface area contributed by atoms with E-state index in [1.807, 2.05) is 19.3 Å². The molecule has 0 saturated carbocycles. The summed E-state index contributed by atoms with van der Waals surface area (Å²) in [5, 5.41) is 1.22. The number of fused-ring (bicyclic) bond motifs is 1. The average Bonchev–Trinajstić information content (AvgIpc) is 2.47. The molecule has 0 atom stereocenters. The number of aromatic nitrogens is 1. The molecular weight excluding hydrogens is 174 g/mol. The minimum absolute atomic E-state index is 0.207. The molecule has 72 valence electrons. The highest BCUT2D eigenvalue weighted by molar-refractivity contribution is 5.83. The highest BCUT2D eigenvalue weighted by atomic mass is 16.1. The summed E-state index contributed by atoms with van der Waals surface area (Å²) in [6, 6.07) is 8.24. The van der Waals surface area contributed by atoms with Crippen molar-refractivity contribution in [1.29, 1.82) is 0 Å². The number of carbonyl (C=O) groups excluding carboxylic acids is 1. The summed E-state index contributed by atoms with van der Waals surface area (Å²) in [5.41, 5.74) is 2.27. The summed E-state index contributed by atoms with van der Waals surface area (Å²) in [6.45, 7) is 1.62. The standard InChI is InChI=1S/C12H13NO/c1-9(14)7-10-3-4-11-5-6-13(2)12(11)8-10/h3-6,8H,7H2,1-2H3. The average molecular weight is 187 g/mol. The van der Waals surface area contributed by atoms with Crippen molar-refractivity contribution < 1.29 is 4.79 Å². The molecule has 1 aromatic carbocycles. The van der Waals surface area contributed by atoms with E-state index in [2.05, 4.69) is 22.8 Å². The highest BCUT2D eigenvalue weighted by Crippen LogP contribution is 2.16. The van der Waals surface area contributed by atoms with Gasteiger partial charge in [-0.15, -0.1) is 0 Å². The number of rotatable bonds is 2. The molecule has 1 aromatic heterocycles. The Hall–Kier alpha value is -1.57. The summed E-state index contributed by atoms with van der Waals surface area (Å²) in [4.78, 5) is 11.0. The first-order chi connectivity index (χ1) is 6.66. The molecule has 0 N–H and O–H groups in total. The molecule has 14 heavy (non-hydrogen) atoms. The zero-order chi connectivity index (χ0) is 10.1. The minimum Gasteiger partial charge on any atom is -0.351 e. The van der Waals surface area contributed by atoms with Crippen LogP contribution in [0.15, 0.2) is 30.5 Å². The fourth-order valence-electron chi connectivity index (χ4n) is 1.71. The minimum atomic E-state index is 0.207. The van der Waals surface area contributed by atoms with E-state index in [9.17, 15) is 4.79 Å². The Bertz CT molecular complexity index is 482. The van der Waals surface area contributed by atoms with Gasteiger partial charge in [0, 0.05) is 25.2 Å². The van der Waals surface area contributed by atoms with E-state index in [4.69, 9.17) is 0 Å². The van der Waals surface area contributed by atoms with Gasteiger partial charge in [0.15, 0.2) is 0 Å². The third-order valence-corrected chi connectivity index (χ3v) is 2.41. The number of nitrogens with zero attached hydrogens (tertiary/aromatic N) is 1. The molecule has 0 aliphatic rings. The van der Waals surface area contributed by atoms with Crippen LogP contribution in [0.5, 0.6) is 0 Å². The van der Waals surface area contributed by atoms with Gasteiger partial charge in [-0.3, -0.25) is 4.79 Å². The van der Waals surface area contributed by atoms with Gasteiger partial charge in [-0.1, -0.05) is 12.1 Å². The monoisotopic (exact) mass is 187 g/mol. The predicted molar refractivity (Wildman–Crippen MR) is 57.3 cm³/mol. The van der Waals surface area contributed by atoms with Crippen molar-refractivity contribution in [3.8, 4) is 0 Å². The Balaban J connectivity index is 2.49. The van der Waals surface area contributed by atoms with Crippen LogP contribution in [-0.2, 0) is 18.3 Å². The summed E-state index contributed by atoms with van der Waals surface area (Å²) in [6.07, 6.45) is 2.56. The maximum Gasteiger partial charge on any atom is 0.134 e. The lowest BCUT2D eigenvalue weighted by atomic mass is 10.1. The zero-order valence-corrected chi connectivity index (χ0v) is 8.45. The Morgan fingerprint density at radius 1 is 1.36 bits per heavy atom. The molecule has 0 saturated heterocycles. The van der Waals surface area contributed by atoms with Gasteiger partial charge in [0.25, 0.3) is 0 Å². The van der Waals surface area contributed by atoms with Crippen molar-refractivity contribution in [3.63, 3.8) is 0 Å². The molecule has 2 rings (SSSR count). The van der Waals surface area contributed by atoms with Crippen LogP contribution in [0.1, 0.15) is 12.5 Å². The molecular formula is C12H13NO. The Morgan fingerprint density at radius 2 is 2.14 bits per heavy atom. The number of benzene rings is 1. The van der Waals surface area contributed by atoms with Crippen LogP contribution >= 0.6 is 0 Å². The van der Waals surface area contributed by atoms with Crippen LogP contribution < -0.4 is 0 Å². The van der Waals surface area contributed by atoms with Crippen LogP contribution in [0.4, 0.5) is 0 Å². The lowest BCUT2D eigenvalue weighted by Gasteiger charge is -2.00. The van der Waals surface area contributed by atoms with Gasteiger partial charge in [0.05, 0.1) is 0 Å². The van der Waals surface area contributed by atoms with Crippen LogP contribution in [0.2, 0.25) is 0 Å². The van der Waals surface area contributed by atoms with E-state index in [0.717, 1.165) is 5.56 Å². The number of aryl methyl sites for hydroxylation is 1. The second-order valence-corrected chi connectivity index (χ2v) is 3.70. The number of hydrogen-bond acceptors (Lipinski definition) is 1. The van der Waals surface area contributed by atoms with Gasteiger partial charge in [0.1, 0.15) is 5.78 Å². The first-order valence-corrected chi connectivity index (χ1v) is 4.70. The van der Waals surface area contributed by atoms with Crippen molar-refractivity contribution in [2.24, 2.45) is 7.05 Å². The molecule has 0 spiro atoms. The van der Waals surface area contributed by atoms with Crippen molar-refractivity contribution in [3.05, 3.63) is 36.0 Å². The van der Waals surface area contributed by atoms with E-state index in [0.29, 0.717) is 6.42 Å². The normalized spacial score (nSPS) is 10.7. The molecule has 0 aliphatic carbocycles. The second-order valence-electron chi connectivity index (χ2n) is 3.70. The van der Waals surface area contributed by atoms with Crippen molar-refractivity contribution in [1.82, 2.24) is 4.57 Å². The Morgan fingerprint density at radius 3 is 2.86 bits per heavy atom. The van der Waals surface area contributed by atoms with E-state index in [-0.39, 0.29) is 5.78 Å². The molecule has 0 radical (unpaired) electrons. The first-order valence-electron chi connectivity index (χ1n) is 4.70. The second kappa shape index (κ2) is 3.29. The quantitative estimate of drug-likeness (QED) is 0.707. The fourth-order valence-corrected chi connectivity index (χ4v) is 1.71. The number of Topliss-reactive ketones (excluding diaryl/α,β-unsaturated/α-hetero) is 1. The topological polar surface area (TPSA) is 22.0 Å². The van der Waals surface area contributed by atoms with E-state index in [1.54, 1.807) is 6.92 Å². The van der Waals surface area contributed by atoms with Gasteiger partial charge >= 0.3 is 0 Å². The Labute approximate surface area is 83.2 Å². The van der Waals surface area contributed by atoms with Crippen molar-refractivity contribution >= 4 is 16.7 Å². The maximum atomic E-state index is 11.0. The van der Waals surface area contributed by atoms with Gasteiger partial charge < -0.3 is 4.57 Å². The lowest BCUT2D eigenvalue weighted by Crippen LogP contribution is -1.96. The molecule has 1 heterocycles. The SMILES string of the molecule is CC(=O)Cc1ccc2ccn(C)c2c1. The van der Waals surface area contributed by atoms with Crippen molar-refractivity contribution in [2.75, 3.05) is 0 Å². The van der Waals surface area contributed by atoms with Crippen LogP contribution in [-0.4, -0.2) is 10.4 Å². The van der Waals surface area contributed by atoms with Gasteiger partial charge in [-0.05, 0) is 30.0 Å². The smallest absolute Gasteiger partial charge is 0.134 e.